The fraction of sp³-hybridized carbons (Fsp3) is 0.433. The summed E-state index contributed by atoms with van der Waals surface area (Å²) in [5.41, 5.74) is 3.39. The lowest BCUT2D eigenvalue weighted by Gasteiger charge is -2.26. The number of rotatable bonds is 12. The molecule has 1 fully saturated rings. The molecule has 3 heterocycles. The van der Waals surface area contributed by atoms with Crippen molar-refractivity contribution in [3.63, 3.8) is 0 Å². The second-order valence-electron chi connectivity index (χ2n) is 9.73. The van der Waals surface area contributed by atoms with Crippen LogP contribution in [0.15, 0.2) is 54.7 Å². The van der Waals surface area contributed by atoms with E-state index in [9.17, 15) is 4.79 Å². The number of esters is 1. The summed E-state index contributed by atoms with van der Waals surface area (Å²) in [7, 11) is 0. The number of imidazole rings is 1. The quantitative estimate of drug-likeness (QED) is 0.149. The molecule has 0 spiro atoms. The number of hydrogen-bond donors (Lipinski definition) is 0. The fourth-order valence-electron chi connectivity index (χ4n) is 4.86. The van der Waals surface area contributed by atoms with E-state index < -0.39 is 0 Å². The molecular formula is C30H36N4O3S. The molecule has 5 rings (SSSR count). The van der Waals surface area contributed by atoms with E-state index in [4.69, 9.17) is 14.6 Å². The van der Waals surface area contributed by atoms with Gasteiger partial charge < -0.3 is 14.4 Å². The molecule has 1 saturated heterocycles. The molecule has 4 aromatic rings. The summed E-state index contributed by atoms with van der Waals surface area (Å²) < 4.78 is 12.9. The van der Waals surface area contributed by atoms with Crippen LogP contribution in [0.3, 0.4) is 0 Å². The average molecular weight is 533 g/mol. The van der Waals surface area contributed by atoms with Crippen molar-refractivity contribution in [1.29, 1.82) is 0 Å². The third-order valence-corrected chi connectivity index (χ3v) is 7.94. The van der Waals surface area contributed by atoms with Gasteiger partial charge in [0.05, 0.1) is 30.7 Å². The van der Waals surface area contributed by atoms with Crippen molar-refractivity contribution in [2.24, 2.45) is 0 Å². The fourth-order valence-corrected chi connectivity index (χ4v) is 5.74. The Morgan fingerprint density at radius 1 is 0.921 bits per heavy atom. The Hall–Kier alpha value is -3.23. The van der Waals surface area contributed by atoms with Crippen LogP contribution in [0.2, 0.25) is 0 Å². The van der Waals surface area contributed by atoms with Crippen molar-refractivity contribution in [1.82, 2.24) is 19.5 Å². The number of unbranched alkanes of at least 4 members (excludes halogenated alkanes) is 3. The minimum atomic E-state index is -0.316. The molecule has 0 radical (unpaired) electrons. The largest absolute Gasteiger partial charge is 0.494 e. The van der Waals surface area contributed by atoms with Gasteiger partial charge >= 0.3 is 5.97 Å². The Balaban J connectivity index is 1.12. The summed E-state index contributed by atoms with van der Waals surface area (Å²) in [6, 6.07) is 15.5. The molecule has 8 heteroatoms. The Morgan fingerprint density at radius 3 is 2.42 bits per heavy atom. The van der Waals surface area contributed by atoms with E-state index in [1.807, 2.05) is 35.0 Å². The lowest BCUT2D eigenvalue weighted by atomic mass is 10.1. The number of hydrogen-bond acceptors (Lipinski definition) is 7. The van der Waals surface area contributed by atoms with Crippen molar-refractivity contribution >= 4 is 22.3 Å². The van der Waals surface area contributed by atoms with E-state index in [-0.39, 0.29) is 5.97 Å². The molecule has 7 nitrogen and oxygen atoms in total. The van der Waals surface area contributed by atoms with Crippen molar-refractivity contribution in [3.05, 3.63) is 60.3 Å². The first-order valence-electron chi connectivity index (χ1n) is 13.8. The zero-order valence-corrected chi connectivity index (χ0v) is 22.9. The van der Waals surface area contributed by atoms with Crippen molar-refractivity contribution in [2.75, 3.05) is 32.8 Å². The van der Waals surface area contributed by atoms with Gasteiger partial charge in [0.2, 0.25) is 4.96 Å². The number of piperidine rings is 1. The van der Waals surface area contributed by atoms with Crippen LogP contribution in [0.5, 0.6) is 5.75 Å². The highest BCUT2D eigenvalue weighted by Crippen LogP contribution is 2.30. The van der Waals surface area contributed by atoms with Gasteiger partial charge in [-0.3, -0.25) is 0 Å². The van der Waals surface area contributed by atoms with Crippen LogP contribution in [-0.2, 0) is 4.74 Å². The SMILES string of the molecule is CCOC(=O)c1ccc(-c2cnc3sc(-c4ccc(OCCCCCCN5CCCCC5)cc4)nn23)cc1. The van der Waals surface area contributed by atoms with E-state index in [0.717, 1.165) is 45.6 Å². The Morgan fingerprint density at radius 2 is 1.66 bits per heavy atom. The molecule has 0 aliphatic carbocycles. The molecule has 0 atom stereocenters. The number of carbonyl (C=O) groups is 1. The standard InChI is InChI=1S/C30H36N4O3S/c1-2-36-29(35)25-12-10-23(11-13-25)27-22-31-30-34(27)32-28(38-30)24-14-16-26(17-15-24)37-21-9-4-3-6-18-33-19-7-5-8-20-33/h10-17,22H,2-9,18-21H2,1H3. The second-order valence-corrected chi connectivity index (χ2v) is 10.7. The van der Waals surface area contributed by atoms with Gasteiger partial charge in [-0.2, -0.15) is 5.10 Å². The minimum Gasteiger partial charge on any atom is -0.494 e. The molecule has 1 aliphatic heterocycles. The van der Waals surface area contributed by atoms with Gasteiger partial charge in [0, 0.05) is 11.1 Å². The maximum absolute atomic E-state index is 11.9. The molecule has 2 aromatic carbocycles. The lowest BCUT2D eigenvalue weighted by molar-refractivity contribution is 0.0526. The van der Waals surface area contributed by atoms with Crippen LogP contribution in [-0.4, -0.2) is 58.3 Å². The first-order chi connectivity index (χ1) is 18.7. The highest BCUT2D eigenvalue weighted by atomic mass is 32.1. The van der Waals surface area contributed by atoms with Crippen LogP contribution in [0.4, 0.5) is 0 Å². The van der Waals surface area contributed by atoms with Crippen LogP contribution in [0.1, 0.15) is 62.2 Å². The highest BCUT2D eigenvalue weighted by molar-refractivity contribution is 7.19. The zero-order chi connectivity index (χ0) is 26.2. The van der Waals surface area contributed by atoms with Gasteiger partial charge in [-0.25, -0.2) is 14.3 Å². The molecule has 0 unspecified atom stereocenters. The normalized spacial score (nSPS) is 14.1. The molecule has 0 amide bonds. The average Bonchev–Trinajstić information content (AvgIpc) is 3.55. The van der Waals surface area contributed by atoms with Crippen LogP contribution in [0.25, 0.3) is 26.8 Å². The van der Waals surface area contributed by atoms with E-state index in [0.29, 0.717) is 12.2 Å². The second kappa shape index (κ2) is 13.0. The zero-order valence-electron chi connectivity index (χ0n) is 22.1. The maximum Gasteiger partial charge on any atom is 0.338 e. The van der Waals surface area contributed by atoms with Crippen molar-refractivity contribution < 1.29 is 14.3 Å². The summed E-state index contributed by atoms with van der Waals surface area (Å²) in [6.45, 7) is 6.76. The van der Waals surface area contributed by atoms with Gasteiger partial charge in [-0.1, -0.05) is 42.7 Å². The van der Waals surface area contributed by atoms with E-state index in [1.165, 1.54) is 58.2 Å². The number of carbonyl (C=O) groups excluding carboxylic acids is 1. The smallest absolute Gasteiger partial charge is 0.338 e. The number of fused-ring (bicyclic) bond motifs is 1. The molecule has 1 aliphatic rings. The number of benzene rings is 2. The summed E-state index contributed by atoms with van der Waals surface area (Å²) in [5, 5.41) is 5.71. The number of likely N-dealkylation sites (tertiary alicyclic amines) is 1. The molecule has 0 saturated carbocycles. The Kier molecular flexibility index (Phi) is 9.04. The van der Waals surface area contributed by atoms with Gasteiger partial charge in [-0.15, -0.1) is 0 Å². The molecule has 0 bridgehead atoms. The molecule has 200 valence electrons. The third-order valence-electron chi connectivity index (χ3n) is 6.96. The predicted octanol–water partition coefficient (Wildman–Crippen LogP) is 6.73. The molecule has 2 aromatic heterocycles. The third kappa shape index (κ3) is 6.60. The van der Waals surface area contributed by atoms with Gasteiger partial charge in [-0.05, 0) is 88.6 Å². The van der Waals surface area contributed by atoms with E-state index in [2.05, 4.69) is 22.0 Å². The summed E-state index contributed by atoms with van der Waals surface area (Å²) in [6.07, 6.45) is 10.9. The van der Waals surface area contributed by atoms with Crippen LogP contribution >= 0.6 is 11.3 Å². The van der Waals surface area contributed by atoms with E-state index in [1.54, 1.807) is 30.4 Å². The van der Waals surface area contributed by atoms with Crippen LogP contribution in [0, 0.1) is 0 Å². The van der Waals surface area contributed by atoms with Gasteiger partial charge in [0.1, 0.15) is 10.8 Å². The van der Waals surface area contributed by atoms with Crippen molar-refractivity contribution in [3.8, 4) is 27.6 Å². The summed E-state index contributed by atoms with van der Waals surface area (Å²) in [5.74, 6) is 0.579. The number of ether oxygens (including phenoxy) is 2. The molecular weight excluding hydrogens is 496 g/mol. The molecule has 38 heavy (non-hydrogen) atoms. The topological polar surface area (TPSA) is 69.0 Å². The monoisotopic (exact) mass is 532 g/mol. The van der Waals surface area contributed by atoms with Gasteiger partial charge in [0.15, 0.2) is 0 Å². The number of nitrogens with zero attached hydrogens (tertiary/aromatic N) is 4. The highest BCUT2D eigenvalue weighted by Gasteiger charge is 2.14. The summed E-state index contributed by atoms with van der Waals surface area (Å²) in [4.78, 5) is 19.9. The Labute approximate surface area is 228 Å². The van der Waals surface area contributed by atoms with E-state index >= 15 is 0 Å². The first kappa shape index (κ1) is 26.4. The van der Waals surface area contributed by atoms with Crippen molar-refractivity contribution in [2.45, 2.75) is 51.9 Å². The Bertz CT molecular complexity index is 1310. The van der Waals surface area contributed by atoms with Gasteiger partial charge in [0.25, 0.3) is 0 Å². The maximum atomic E-state index is 11.9. The summed E-state index contributed by atoms with van der Waals surface area (Å²) >= 11 is 1.55. The van der Waals surface area contributed by atoms with Crippen LogP contribution < -0.4 is 4.74 Å². The molecule has 0 N–H and O–H groups in total. The number of aromatic nitrogens is 3. The first-order valence-corrected chi connectivity index (χ1v) is 14.6. The minimum absolute atomic E-state index is 0.316. The lowest BCUT2D eigenvalue weighted by Crippen LogP contribution is -2.30. The predicted molar refractivity (Wildman–Crippen MR) is 152 cm³/mol.